The Bertz CT molecular complexity index is 957. The molecule has 1 heterocycles. The maximum Gasteiger partial charge on any atom is 0.253 e. The van der Waals surface area contributed by atoms with Gasteiger partial charge in [0.05, 0.1) is 30.0 Å². The number of aryl methyl sites for hydroxylation is 1. The minimum Gasteiger partial charge on any atom is -0.495 e. The normalized spacial score (nSPS) is 15.8. The van der Waals surface area contributed by atoms with Crippen LogP contribution in [-0.2, 0) is 9.59 Å². The molecule has 1 atom stereocenters. The van der Waals surface area contributed by atoms with Crippen LogP contribution in [0.4, 0.5) is 11.4 Å². The van der Waals surface area contributed by atoms with Gasteiger partial charge in [-0.1, -0.05) is 25.1 Å². The third-order valence-corrected chi connectivity index (χ3v) is 5.09. The first-order valence-electron chi connectivity index (χ1n) is 10.1. The molecule has 0 bridgehead atoms. The number of benzene rings is 2. The van der Waals surface area contributed by atoms with Crippen molar-refractivity contribution in [2.24, 2.45) is 5.92 Å². The molecule has 0 radical (unpaired) electrons. The largest absolute Gasteiger partial charge is 0.495 e. The minimum absolute atomic E-state index is 0.104. The predicted molar refractivity (Wildman–Crippen MR) is 116 cm³/mol. The van der Waals surface area contributed by atoms with E-state index < -0.39 is 5.92 Å². The summed E-state index contributed by atoms with van der Waals surface area (Å²) in [6.45, 7) is 4.73. The number of hydrogen-bond acceptors (Lipinski definition) is 4. The van der Waals surface area contributed by atoms with Gasteiger partial charge in [0.2, 0.25) is 11.8 Å². The standard InChI is InChI=1S/C23H27N3O4/c1-4-11-24-23(29)17-7-5-6-8-18(17)25-22(28)16-13-21(27)26(14-16)19-12-15(2)9-10-20(19)30-3/h5-10,12,16H,4,11,13-14H2,1-3H3,(H,24,29)(H,25,28). The molecular weight excluding hydrogens is 382 g/mol. The van der Waals surface area contributed by atoms with E-state index in [-0.39, 0.29) is 30.7 Å². The SMILES string of the molecule is CCCNC(=O)c1ccccc1NC(=O)C1CC(=O)N(c2cc(C)ccc2OC)C1. The fourth-order valence-electron chi connectivity index (χ4n) is 3.49. The number of carbonyl (C=O) groups is 3. The zero-order valence-electron chi connectivity index (χ0n) is 17.5. The summed E-state index contributed by atoms with van der Waals surface area (Å²) in [7, 11) is 1.55. The van der Waals surface area contributed by atoms with E-state index in [1.165, 1.54) is 0 Å². The topological polar surface area (TPSA) is 87.7 Å². The number of nitrogens with one attached hydrogen (secondary N) is 2. The lowest BCUT2D eigenvalue weighted by Crippen LogP contribution is -2.30. The third-order valence-electron chi connectivity index (χ3n) is 5.09. The van der Waals surface area contributed by atoms with Crippen molar-refractivity contribution in [2.75, 3.05) is 30.4 Å². The molecule has 1 unspecified atom stereocenters. The van der Waals surface area contributed by atoms with Crippen molar-refractivity contribution >= 4 is 29.1 Å². The Morgan fingerprint density at radius 2 is 1.97 bits per heavy atom. The summed E-state index contributed by atoms with van der Waals surface area (Å²) in [6.07, 6.45) is 0.926. The third kappa shape index (κ3) is 4.62. The van der Waals surface area contributed by atoms with Crippen LogP contribution >= 0.6 is 0 Å². The number of methoxy groups -OCH3 is 1. The summed E-state index contributed by atoms with van der Waals surface area (Å²) in [4.78, 5) is 39.5. The van der Waals surface area contributed by atoms with Gasteiger partial charge in [0, 0.05) is 19.5 Å². The van der Waals surface area contributed by atoms with E-state index in [0.717, 1.165) is 12.0 Å². The molecule has 1 saturated heterocycles. The van der Waals surface area contributed by atoms with E-state index in [1.54, 1.807) is 36.3 Å². The molecule has 1 fully saturated rings. The summed E-state index contributed by atoms with van der Waals surface area (Å²) >= 11 is 0. The maximum absolute atomic E-state index is 12.9. The monoisotopic (exact) mass is 409 g/mol. The first kappa shape index (κ1) is 21.4. The van der Waals surface area contributed by atoms with Crippen LogP contribution in [0.2, 0.25) is 0 Å². The van der Waals surface area contributed by atoms with Crippen molar-refractivity contribution in [3.63, 3.8) is 0 Å². The average molecular weight is 409 g/mol. The highest BCUT2D eigenvalue weighted by Gasteiger charge is 2.36. The lowest BCUT2D eigenvalue weighted by Gasteiger charge is -2.20. The highest BCUT2D eigenvalue weighted by Crippen LogP contribution is 2.34. The Labute approximate surface area is 176 Å². The molecule has 2 aromatic rings. The summed E-state index contributed by atoms with van der Waals surface area (Å²) < 4.78 is 5.39. The van der Waals surface area contributed by atoms with E-state index in [2.05, 4.69) is 10.6 Å². The molecule has 0 saturated carbocycles. The summed E-state index contributed by atoms with van der Waals surface area (Å²) in [5.74, 6) is -0.579. The van der Waals surface area contributed by atoms with Crippen molar-refractivity contribution < 1.29 is 19.1 Å². The number of para-hydroxylation sites is 1. The van der Waals surface area contributed by atoms with Crippen LogP contribution in [0, 0.1) is 12.8 Å². The van der Waals surface area contributed by atoms with Gasteiger partial charge < -0.3 is 20.3 Å². The zero-order valence-corrected chi connectivity index (χ0v) is 17.5. The second-order valence-electron chi connectivity index (χ2n) is 7.37. The van der Waals surface area contributed by atoms with E-state index in [1.807, 2.05) is 32.0 Å². The zero-order chi connectivity index (χ0) is 21.7. The Morgan fingerprint density at radius 3 is 2.70 bits per heavy atom. The van der Waals surface area contributed by atoms with Crippen molar-refractivity contribution in [3.8, 4) is 5.75 Å². The number of ether oxygens (including phenoxy) is 1. The first-order valence-corrected chi connectivity index (χ1v) is 10.1. The molecule has 2 aromatic carbocycles. The van der Waals surface area contributed by atoms with Gasteiger partial charge in [-0.2, -0.15) is 0 Å². The highest BCUT2D eigenvalue weighted by molar-refractivity contribution is 6.07. The Morgan fingerprint density at radius 1 is 1.20 bits per heavy atom. The second kappa shape index (κ2) is 9.43. The number of carbonyl (C=O) groups excluding carboxylic acids is 3. The van der Waals surface area contributed by atoms with Crippen LogP contribution < -0.4 is 20.3 Å². The Hall–Kier alpha value is -3.35. The van der Waals surface area contributed by atoms with Crippen molar-refractivity contribution in [3.05, 3.63) is 53.6 Å². The lowest BCUT2D eigenvalue weighted by atomic mass is 10.1. The van der Waals surface area contributed by atoms with Gasteiger partial charge in [-0.15, -0.1) is 0 Å². The van der Waals surface area contributed by atoms with E-state index in [4.69, 9.17) is 4.74 Å². The van der Waals surface area contributed by atoms with Crippen molar-refractivity contribution in [1.82, 2.24) is 5.32 Å². The summed E-state index contributed by atoms with van der Waals surface area (Å²) in [6, 6.07) is 12.5. The van der Waals surface area contributed by atoms with Gasteiger partial charge in [-0.3, -0.25) is 14.4 Å². The van der Waals surface area contributed by atoms with Crippen molar-refractivity contribution in [1.29, 1.82) is 0 Å². The van der Waals surface area contributed by atoms with Crippen LogP contribution in [0.15, 0.2) is 42.5 Å². The van der Waals surface area contributed by atoms with Gasteiger partial charge >= 0.3 is 0 Å². The van der Waals surface area contributed by atoms with Crippen LogP contribution in [0.3, 0.4) is 0 Å². The lowest BCUT2D eigenvalue weighted by molar-refractivity contribution is -0.122. The molecule has 1 aliphatic heterocycles. The van der Waals surface area contributed by atoms with Gasteiger partial charge in [0.1, 0.15) is 5.75 Å². The van der Waals surface area contributed by atoms with Crippen LogP contribution in [0.1, 0.15) is 35.7 Å². The van der Waals surface area contributed by atoms with Crippen molar-refractivity contribution in [2.45, 2.75) is 26.7 Å². The van der Waals surface area contributed by atoms with E-state index >= 15 is 0 Å². The predicted octanol–water partition coefficient (Wildman–Crippen LogP) is 3.14. The number of hydrogen-bond donors (Lipinski definition) is 2. The molecule has 1 aliphatic rings. The molecule has 30 heavy (non-hydrogen) atoms. The van der Waals surface area contributed by atoms with Crippen LogP contribution in [0.5, 0.6) is 5.75 Å². The van der Waals surface area contributed by atoms with E-state index in [9.17, 15) is 14.4 Å². The van der Waals surface area contributed by atoms with E-state index in [0.29, 0.717) is 29.2 Å². The molecule has 158 valence electrons. The Balaban J connectivity index is 1.75. The fraction of sp³-hybridized carbons (Fsp3) is 0.348. The molecule has 0 spiro atoms. The second-order valence-corrected chi connectivity index (χ2v) is 7.37. The number of nitrogens with zero attached hydrogens (tertiary/aromatic N) is 1. The molecule has 3 rings (SSSR count). The van der Waals surface area contributed by atoms with Gasteiger partial charge in [-0.05, 0) is 43.2 Å². The van der Waals surface area contributed by atoms with Gasteiger partial charge in [-0.25, -0.2) is 0 Å². The van der Waals surface area contributed by atoms with Crippen LogP contribution in [-0.4, -0.2) is 37.9 Å². The average Bonchev–Trinajstić information content (AvgIpc) is 3.14. The molecule has 0 aromatic heterocycles. The number of amides is 3. The first-order chi connectivity index (χ1) is 14.4. The smallest absolute Gasteiger partial charge is 0.253 e. The quantitative estimate of drug-likeness (QED) is 0.735. The summed E-state index contributed by atoms with van der Waals surface area (Å²) in [5.41, 5.74) is 2.51. The fourth-order valence-corrected chi connectivity index (χ4v) is 3.49. The molecule has 3 amide bonds. The maximum atomic E-state index is 12.9. The Kier molecular flexibility index (Phi) is 6.72. The molecule has 0 aliphatic carbocycles. The molecular formula is C23H27N3O4. The summed E-state index contributed by atoms with van der Waals surface area (Å²) in [5, 5.41) is 5.65. The minimum atomic E-state index is -0.519. The molecule has 7 nitrogen and oxygen atoms in total. The van der Waals surface area contributed by atoms with Gasteiger partial charge in [0.25, 0.3) is 5.91 Å². The van der Waals surface area contributed by atoms with Crippen LogP contribution in [0.25, 0.3) is 0 Å². The number of anilines is 2. The molecule has 7 heteroatoms. The number of rotatable bonds is 7. The van der Waals surface area contributed by atoms with Gasteiger partial charge in [0.15, 0.2) is 0 Å². The molecule has 2 N–H and O–H groups in total. The highest BCUT2D eigenvalue weighted by atomic mass is 16.5.